The van der Waals surface area contributed by atoms with Gasteiger partial charge in [-0.15, -0.1) is 0 Å². The Balaban J connectivity index is 1.44. The number of fused-ring (bicyclic) bond motifs is 3. The van der Waals surface area contributed by atoms with E-state index in [9.17, 15) is 10.2 Å². The Hall–Kier alpha value is -2.37. The van der Waals surface area contributed by atoms with Gasteiger partial charge in [-0.05, 0) is 49.9 Å². The molecule has 170 valence electrons. The first-order valence-electron chi connectivity index (χ1n) is 11.6. The van der Waals surface area contributed by atoms with Crippen molar-refractivity contribution in [1.29, 1.82) is 0 Å². The highest BCUT2D eigenvalue weighted by molar-refractivity contribution is 5.84. The number of hydrogen-bond acceptors (Lipinski definition) is 7. The first-order chi connectivity index (χ1) is 15.6. The average Bonchev–Trinajstić information content (AvgIpc) is 3.20. The van der Waals surface area contributed by atoms with Gasteiger partial charge in [-0.25, -0.2) is 4.99 Å². The molecule has 0 spiro atoms. The maximum absolute atomic E-state index is 11.4. The van der Waals surface area contributed by atoms with Crippen LogP contribution in [0.15, 0.2) is 47.6 Å². The number of benzene rings is 1. The van der Waals surface area contributed by atoms with Gasteiger partial charge < -0.3 is 19.8 Å². The number of nitrogens with zero attached hydrogens (tertiary/aromatic N) is 4. The van der Waals surface area contributed by atoms with Crippen LogP contribution in [0.5, 0.6) is 0 Å². The maximum Gasteiger partial charge on any atom is 0.213 e. The Kier molecular flexibility index (Phi) is 5.95. The van der Waals surface area contributed by atoms with Crippen LogP contribution in [-0.4, -0.2) is 94.6 Å². The molecule has 1 unspecified atom stereocenters. The average molecular weight is 437 g/mol. The van der Waals surface area contributed by atoms with Crippen molar-refractivity contribution in [2.45, 2.75) is 43.1 Å². The van der Waals surface area contributed by atoms with Crippen LogP contribution in [0.25, 0.3) is 0 Å². The van der Waals surface area contributed by atoms with Gasteiger partial charge in [0.05, 0.1) is 12.1 Å². The summed E-state index contributed by atoms with van der Waals surface area (Å²) in [6, 6.07) is 13.7. The maximum atomic E-state index is 11.4. The summed E-state index contributed by atoms with van der Waals surface area (Å²) in [7, 11) is 1.62. The molecule has 0 amide bonds. The van der Waals surface area contributed by atoms with Crippen molar-refractivity contribution in [3.63, 3.8) is 0 Å². The van der Waals surface area contributed by atoms with Gasteiger partial charge in [-0.3, -0.25) is 9.80 Å². The second-order valence-corrected chi connectivity index (χ2v) is 9.36. The van der Waals surface area contributed by atoms with E-state index in [2.05, 4.69) is 40.1 Å². The van der Waals surface area contributed by atoms with Crippen molar-refractivity contribution in [3.8, 4) is 12.0 Å². The van der Waals surface area contributed by atoms with E-state index < -0.39 is 11.7 Å². The zero-order chi connectivity index (χ0) is 22.1. The molecule has 7 heteroatoms. The minimum Gasteiger partial charge on any atom is -0.388 e. The van der Waals surface area contributed by atoms with Gasteiger partial charge in [-0.1, -0.05) is 30.3 Å². The molecule has 4 atom stereocenters. The second kappa shape index (κ2) is 8.87. The summed E-state index contributed by atoms with van der Waals surface area (Å²) in [6.07, 6.45) is 5.84. The predicted molar refractivity (Wildman–Crippen MR) is 123 cm³/mol. The fourth-order valence-electron chi connectivity index (χ4n) is 5.38. The number of methoxy groups -OCH3 is 1. The molecule has 5 heterocycles. The fourth-order valence-corrected chi connectivity index (χ4v) is 5.38. The molecule has 6 rings (SSSR count). The van der Waals surface area contributed by atoms with E-state index >= 15 is 0 Å². The third-order valence-electron chi connectivity index (χ3n) is 7.28. The number of guanidine groups is 1. The number of ether oxygens (including phenoxy) is 1. The SMILES string of the molecule is CO[C@@H]1CN(C2=NC=CC(Cc3ccccc3)N2C#C[C@@]2(O)CN3CCC2CC3)C[C@H]1O. The van der Waals surface area contributed by atoms with E-state index in [0.717, 1.165) is 32.4 Å². The molecule has 0 radical (unpaired) electrons. The van der Waals surface area contributed by atoms with Crippen molar-refractivity contribution in [3.05, 3.63) is 48.2 Å². The fraction of sp³-hybridized carbons (Fsp3) is 0.560. The van der Waals surface area contributed by atoms with Crippen molar-refractivity contribution < 1.29 is 14.9 Å². The van der Waals surface area contributed by atoms with Crippen molar-refractivity contribution in [1.82, 2.24) is 14.7 Å². The summed E-state index contributed by atoms with van der Waals surface area (Å²) in [6.45, 7) is 3.71. The number of aliphatic imine (C=N–C) groups is 1. The highest BCUT2D eigenvalue weighted by Gasteiger charge is 2.45. The smallest absolute Gasteiger partial charge is 0.213 e. The predicted octanol–water partition coefficient (Wildman–Crippen LogP) is 0.892. The first kappa shape index (κ1) is 21.5. The Morgan fingerprint density at radius 3 is 2.62 bits per heavy atom. The summed E-state index contributed by atoms with van der Waals surface area (Å²) in [5, 5.41) is 21.8. The minimum atomic E-state index is -0.986. The molecule has 5 aliphatic heterocycles. The molecule has 4 saturated heterocycles. The van der Waals surface area contributed by atoms with Crippen LogP contribution >= 0.6 is 0 Å². The Morgan fingerprint density at radius 2 is 1.97 bits per heavy atom. The number of β-amino-alcohol motifs (C(OH)–C–C–N with tert-alkyl or cyclic N) is 1. The lowest BCUT2D eigenvalue weighted by Gasteiger charge is -2.47. The molecule has 2 N–H and O–H groups in total. The molecule has 1 aromatic carbocycles. The van der Waals surface area contributed by atoms with Crippen LogP contribution in [-0.2, 0) is 11.2 Å². The molecular formula is C25H32N4O3. The summed E-state index contributed by atoms with van der Waals surface area (Å²) < 4.78 is 5.44. The molecule has 4 fully saturated rings. The molecular weight excluding hydrogens is 404 g/mol. The largest absolute Gasteiger partial charge is 0.388 e. The lowest BCUT2D eigenvalue weighted by molar-refractivity contribution is -0.0715. The standard InChI is InChI=1S/C25H32N4O3/c1-32-23-17-28(16-22(23)30)24-26-11-7-21(15-19-5-3-2-4-6-19)29(24)14-10-25(31)18-27-12-8-20(25)9-13-27/h2-7,11,20-23,30-31H,8-9,12-13,15-18H2,1H3/t21?,22-,23-,25-/m1/s1. The number of likely N-dealkylation sites (tertiary alicyclic amines) is 1. The van der Waals surface area contributed by atoms with Crippen LogP contribution in [0.4, 0.5) is 0 Å². The van der Waals surface area contributed by atoms with Crippen LogP contribution in [0.3, 0.4) is 0 Å². The number of aliphatic hydroxyl groups is 2. The Labute approximate surface area is 190 Å². The van der Waals surface area contributed by atoms with Gasteiger partial charge in [0, 0.05) is 44.9 Å². The van der Waals surface area contributed by atoms with E-state index in [1.165, 1.54) is 5.56 Å². The van der Waals surface area contributed by atoms with E-state index in [1.807, 2.05) is 34.2 Å². The van der Waals surface area contributed by atoms with Gasteiger partial charge in [-0.2, -0.15) is 0 Å². The molecule has 1 aromatic rings. The van der Waals surface area contributed by atoms with Crippen LogP contribution in [0.2, 0.25) is 0 Å². The highest BCUT2D eigenvalue weighted by atomic mass is 16.5. The van der Waals surface area contributed by atoms with Crippen LogP contribution < -0.4 is 0 Å². The molecule has 7 nitrogen and oxygen atoms in total. The molecule has 0 saturated carbocycles. The van der Waals surface area contributed by atoms with Crippen LogP contribution in [0, 0.1) is 17.9 Å². The summed E-state index contributed by atoms with van der Waals surface area (Å²) in [4.78, 5) is 11.0. The van der Waals surface area contributed by atoms with Gasteiger partial charge >= 0.3 is 0 Å². The lowest BCUT2D eigenvalue weighted by Crippen LogP contribution is -2.58. The normalized spacial score (nSPS) is 36.1. The van der Waals surface area contributed by atoms with E-state index in [4.69, 9.17) is 4.74 Å². The molecule has 5 aliphatic rings. The van der Waals surface area contributed by atoms with Crippen molar-refractivity contribution >= 4 is 5.96 Å². The highest BCUT2D eigenvalue weighted by Crippen LogP contribution is 2.35. The number of aliphatic hydroxyl groups excluding tert-OH is 1. The second-order valence-electron chi connectivity index (χ2n) is 9.36. The van der Waals surface area contributed by atoms with Gasteiger partial charge in [0.25, 0.3) is 0 Å². The first-order valence-corrected chi connectivity index (χ1v) is 11.6. The summed E-state index contributed by atoms with van der Waals surface area (Å²) in [5.41, 5.74) is 0.229. The van der Waals surface area contributed by atoms with Crippen molar-refractivity contribution in [2.75, 3.05) is 39.8 Å². The number of rotatable bonds is 3. The van der Waals surface area contributed by atoms with E-state index in [1.54, 1.807) is 7.11 Å². The van der Waals surface area contributed by atoms with Gasteiger partial charge in [0.2, 0.25) is 5.96 Å². The van der Waals surface area contributed by atoms with Gasteiger partial charge in [0.15, 0.2) is 0 Å². The lowest BCUT2D eigenvalue weighted by atomic mass is 9.76. The molecule has 0 aliphatic carbocycles. The summed E-state index contributed by atoms with van der Waals surface area (Å²) >= 11 is 0. The third kappa shape index (κ3) is 4.16. The summed E-state index contributed by atoms with van der Waals surface area (Å²) in [5.74, 6) is 4.19. The molecule has 2 bridgehead atoms. The van der Waals surface area contributed by atoms with Gasteiger partial charge in [0.1, 0.15) is 11.7 Å². The zero-order valence-electron chi connectivity index (χ0n) is 18.6. The van der Waals surface area contributed by atoms with Crippen molar-refractivity contribution in [2.24, 2.45) is 10.9 Å². The number of piperidine rings is 3. The quantitative estimate of drug-likeness (QED) is 0.686. The minimum absolute atomic E-state index is 0.0131. The zero-order valence-corrected chi connectivity index (χ0v) is 18.6. The monoisotopic (exact) mass is 436 g/mol. The Morgan fingerprint density at radius 1 is 1.19 bits per heavy atom. The number of hydrogen-bond donors (Lipinski definition) is 2. The Bertz CT molecular complexity index is 932. The molecule has 32 heavy (non-hydrogen) atoms. The van der Waals surface area contributed by atoms with E-state index in [-0.39, 0.29) is 18.1 Å². The van der Waals surface area contributed by atoms with Crippen LogP contribution in [0.1, 0.15) is 18.4 Å². The third-order valence-corrected chi connectivity index (χ3v) is 7.28. The van der Waals surface area contributed by atoms with E-state index in [0.29, 0.717) is 25.6 Å². The molecule has 0 aromatic heterocycles. The topological polar surface area (TPSA) is 71.8 Å².